The molecule has 1 N–H and O–H groups in total. The highest BCUT2D eigenvalue weighted by molar-refractivity contribution is 9.10. The number of nitrogens with one attached hydrogen (secondary N) is 1. The lowest BCUT2D eigenvalue weighted by atomic mass is 9.49. The number of carbonyl (C=O) groups is 1. The summed E-state index contributed by atoms with van der Waals surface area (Å²) < 4.78 is 0.378. The van der Waals surface area contributed by atoms with Gasteiger partial charge in [-0.25, -0.2) is 0 Å². The van der Waals surface area contributed by atoms with E-state index in [1.807, 2.05) is 0 Å². The lowest BCUT2D eigenvalue weighted by Gasteiger charge is -2.60. The first kappa shape index (κ1) is 12.3. The molecule has 2 unspecified atom stereocenters. The minimum absolute atomic E-state index is 0.0222. The molecule has 4 saturated carbocycles. The third-order valence-electron chi connectivity index (χ3n) is 4.89. The molecule has 4 aliphatic rings. The van der Waals surface area contributed by atoms with E-state index in [4.69, 9.17) is 11.6 Å². The molecule has 4 heteroatoms. The summed E-state index contributed by atoms with van der Waals surface area (Å²) in [5.74, 6) is 1.82. The fraction of sp³-hybridized carbons (Fsp3) is 0.923. The fourth-order valence-electron chi connectivity index (χ4n) is 4.88. The molecule has 4 bridgehead atoms. The Labute approximate surface area is 116 Å². The van der Waals surface area contributed by atoms with Gasteiger partial charge in [-0.2, -0.15) is 0 Å². The highest BCUT2D eigenvalue weighted by atomic mass is 79.9. The van der Waals surface area contributed by atoms with Crippen molar-refractivity contribution in [3.63, 3.8) is 0 Å². The van der Waals surface area contributed by atoms with Gasteiger partial charge in [-0.1, -0.05) is 15.9 Å². The van der Waals surface area contributed by atoms with Gasteiger partial charge in [0.1, 0.15) is 5.88 Å². The molecule has 1 amide bonds. The van der Waals surface area contributed by atoms with Crippen LogP contribution in [0.1, 0.15) is 38.5 Å². The normalized spacial score (nSPS) is 47.2. The van der Waals surface area contributed by atoms with Crippen LogP contribution in [0, 0.1) is 17.3 Å². The average Bonchev–Trinajstić information content (AvgIpc) is 2.22. The largest absolute Gasteiger partial charge is 0.355 e. The molecule has 96 valence electrons. The van der Waals surface area contributed by atoms with Crippen molar-refractivity contribution in [2.75, 3.05) is 12.4 Å². The number of hydrogen-bond donors (Lipinski definition) is 1. The minimum atomic E-state index is -0.0222. The van der Waals surface area contributed by atoms with Gasteiger partial charge in [-0.15, -0.1) is 11.6 Å². The van der Waals surface area contributed by atoms with E-state index in [2.05, 4.69) is 21.2 Å². The van der Waals surface area contributed by atoms with E-state index >= 15 is 0 Å². The Morgan fingerprint density at radius 1 is 1.29 bits per heavy atom. The zero-order valence-corrected chi connectivity index (χ0v) is 12.3. The Morgan fingerprint density at radius 2 is 1.94 bits per heavy atom. The molecule has 0 saturated heterocycles. The van der Waals surface area contributed by atoms with Crippen LogP contribution in [0.5, 0.6) is 0 Å². The Kier molecular flexibility index (Phi) is 2.98. The maximum Gasteiger partial charge on any atom is 0.234 e. The molecule has 0 heterocycles. The third kappa shape index (κ3) is 2.25. The van der Waals surface area contributed by atoms with E-state index in [-0.39, 0.29) is 11.8 Å². The molecule has 17 heavy (non-hydrogen) atoms. The molecule has 4 rings (SSSR count). The van der Waals surface area contributed by atoms with Gasteiger partial charge in [-0.3, -0.25) is 4.79 Å². The van der Waals surface area contributed by atoms with Crippen LogP contribution in [-0.4, -0.2) is 22.7 Å². The molecule has 0 aliphatic heterocycles. The molecule has 2 nitrogen and oxygen atoms in total. The topological polar surface area (TPSA) is 29.1 Å². The lowest BCUT2D eigenvalue weighted by Crippen LogP contribution is -2.56. The maximum atomic E-state index is 11.3. The minimum Gasteiger partial charge on any atom is -0.355 e. The highest BCUT2D eigenvalue weighted by Gasteiger charge is 2.56. The molecule has 0 aromatic carbocycles. The van der Waals surface area contributed by atoms with E-state index in [9.17, 15) is 4.79 Å². The van der Waals surface area contributed by atoms with E-state index in [0.29, 0.717) is 9.74 Å². The maximum absolute atomic E-state index is 11.3. The second-order valence-corrected chi connectivity index (χ2v) is 8.47. The van der Waals surface area contributed by atoms with Crippen LogP contribution >= 0.6 is 27.5 Å². The highest BCUT2D eigenvalue weighted by Crippen LogP contribution is 2.64. The van der Waals surface area contributed by atoms with Crippen LogP contribution in [0.4, 0.5) is 0 Å². The number of rotatable bonds is 3. The Morgan fingerprint density at radius 3 is 2.47 bits per heavy atom. The Bertz CT molecular complexity index is 332. The predicted octanol–water partition coefficient (Wildman–Crippen LogP) is 3.08. The van der Waals surface area contributed by atoms with Gasteiger partial charge in [0.15, 0.2) is 0 Å². The van der Waals surface area contributed by atoms with Crippen LogP contribution in [0.3, 0.4) is 0 Å². The van der Waals surface area contributed by atoms with Crippen molar-refractivity contribution in [2.24, 2.45) is 17.3 Å². The van der Waals surface area contributed by atoms with E-state index in [0.717, 1.165) is 18.4 Å². The van der Waals surface area contributed by atoms with Crippen molar-refractivity contribution in [3.8, 4) is 0 Å². The number of hydrogen-bond acceptors (Lipinski definition) is 1. The lowest BCUT2D eigenvalue weighted by molar-refractivity contribution is -0.120. The van der Waals surface area contributed by atoms with Gasteiger partial charge in [-0.05, 0) is 55.8 Å². The predicted molar refractivity (Wildman–Crippen MR) is 72.5 cm³/mol. The molecule has 0 radical (unpaired) electrons. The number of halogens is 2. The number of amides is 1. The van der Waals surface area contributed by atoms with Crippen molar-refractivity contribution in [3.05, 3.63) is 0 Å². The summed E-state index contributed by atoms with van der Waals surface area (Å²) in [4.78, 5) is 11.3. The Balaban J connectivity index is 1.72. The van der Waals surface area contributed by atoms with E-state index < -0.39 is 0 Å². The number of alkyl halides is 2. The monoisotopic (exact) mass is 319 g/mol. The van der Waals surface area contributed by atoms with Crippen molar-refractivity contribution in [2.45, 2.75) is 42.8 Å². The van der Waals surface area contributed by atoms with Crippen LogP contribution in [-0.2, 0) is 4.79 Å². The standard InChI is InChI=1S/C13H19BrClNO/c14-13-4-9-1-10(5-13)3-12(2-9,7-13)8-16-11(17)6-15/h9-10H,1-8H2,(H,16,17). The zero-order chi connectivity index (χ0) is 12.1. The molecule has 2 atom stereocenters. The summed E-state index contributed by atoms with van der Waals surface area (Å²) in [5, 5.41) is 3.01. The summed E-state index contributed by atoms with van der Waals surface area (Å²) >= 11 is 9.52. The van der Waals surface area contributed by atoms with E-state index in [1.54, 1.807) is 0 Å². The zero-order valence-electron chi connectivity index (χ0n) is 9.98. The second-order valence-electron chi connectivity index (χ2n) is 6.52. The summed E-state index contributed by atoms with van der Waals surface area (Å²) in [6.07, 6.45) is 7.94. The van der Waals surface area contributed by atoms with Gasteiger partial charge in [0.05, 0.1) is 0 Å². The molecule has 0 aromatic heterocycles. The first-order valence-corrected chi connectivity index (χ1v) is 7.87. The van der Waals surface area contributed by atoms with Gasteiger partial charge < -0.3 is 5.32 Å². The van der Waals surface area contributed by atoms with Crippen LogP contribution in [0.2, 0.25) is 0 Å². The molecule has 4 fully saturated rings. The summed E-state index contributed by atoms with van der Waals surface area (Å²) in [5.41, 5.74) is 0.356. The van der Waals surface area contributed by atoms with Gasteiger partial charge in [0.2, 0.25) is 5.91 Å². The fourth-order valence-corrected chi connectivity index (χ4v) is 6.48. The first-order chi connectivity index (χ1) is 8.03. The Hall–Kier alpha value is 0.240. The summed E-state index contributed by atoms with van der Waals surface area (Å²) in [6, 6.07) is 0. The molecule has 4 aliphatic carbocycles. The third-order valence-corrected chi connectivity index (χ3v) is 6.06. The number of carbonyl (C=O) groups excluding carboxylic acids is 1. The molecule has 0 aromatic rings. The second kappa shape index (κ2) is 4.12. The van der Waals surface area contributed by atoms with Gasteiger partial charge in [0, 0.05) is 10.9 Å². The van der Waals surface area contributed by atoms with Crippen molar-refractivity contribution in [1.82, 2.24) is 5.32 Å². The van der Waals surface area contributed by atoms with Gasteiger partial charge >= 0.3 is 0 Å². The smallest absolute Gasteiger partial charge is 0.234 e. The summed E-state index contributed by atoms with van der Waals surface area (Å²) in [6.45, 7) is 0.832. The average molecular weight is 321 g/mol. The summed E-state index contributed by atoms with van der Waals surface area (Å²) in [7, 11) is 0. The first-order valence-electron chi connectivity index (χ1n) is 6.54. The van der Waals surface area contributed by atoms with Crippen LogP contribution < -0.4 is 5.32 Å². The van der Waals surface area contributed by atoms with Crippen LogP contribution in [0.15, 0.2) is 0 Å². The molecular formula is C13H19BrClNO. The van der Waals surface area contributed by atoms with Crippen molar-refractivity contribution >= 4 is 33.4 Å². The quantitative estimate of drug-likeness (QED) is 0.796. The molecular weight excluding hydrogens is 302 g/mol. The van der Waals surface area contributed by atoms with Crippen LogP contribution in [0.25, 0.3) is 0 Å². The SMILES string of the molecule is O=C(CCl)NCC12CC3CC(CC(Br)(C3)C1)C2. The molecule has 0 spiro atoms. The van der Waals surface area contributed by atoms with Crippen molar-refractivity contribution in [1.29, 1.82) is 0 Å². The van der Waals surface area contributed by atoms with E-state index in [1.165, 1.54) is 38.5 Å². The van der Waals surface area contributed by atoms with Gasteiger partial charge in [0.25, 0.3) is 0 Å². The van der Waals surface area contributed by atoms with Crippen molar-refractivity contribution < 1.29 is 4.79 Å².